The Morgan fingerprint density at radius 2 is 1.46 bits per heavy atom. The van der Waals surface area contributed by atoms with Crippen molar-refractivity contribution in [1.29, 1.82) is 5.26 Å². The summed E-state index contributed by atoms with van der Waals surface area (Å²) in [4.78, 5) is 19.1. The van der Waals surface area contributed by atoms with Gasteiger partial charge >= 0.3 is 0 Å². The maximum Gasteiger partial charge on any atom is 0.258 e. The van der Waals surface area contributed by atoms with E-state index in [1.165, 1.54) is 70.6 Å². The van der Waals surface area contributed by atoms with Gasteiger partial charge in [-0.2, -0.15) is 10.3 Å². The van der Waals surface area contributed by atoms with E-state index in [0.717, 1.165) is 19.3 Å². The lowest BCUT2D eigenvalue weighted by Crippen LogP contribution is -2.38. The summed E-state index contributed by atoms with van der Waals surface area (Å²) in [5, 5.41) is 24.0. The minimum absolute atomic E-state index is 0.0972. The van der Waals surface area contributed by atoms with Gasteiger partial charge in [-0.15, -0.1) is 0 Å². The van der Waals surface area contributed by atoms with Gasteiger partial charge < -0.3 is 10.0 Å². The fourth-order valence-electron chi connectivity index (χ4n) is 4.82. The van der Waals surface area contributed by atoms with Crippen LogP contribution >= 0.6 is 12.2 Å². The quantitative estimate of drug-likeness (QED) is 0.120. The van der Waals surface area contributed by atoms with E-state index >= 15 is 0 Å². The number of carbonyl (C=O) groups excluding carboxylic acids is 1. The first-order valence-electron chi connectivity index (χ1n) is 14.1. The van der Waals surface area contributed by atoms with E-state index < -0.39 is 6.04 Å². The Bertz CT molecular complexity index is 1070. The third-order valence-corrected chi connectivity index (χ3v) is 7.15. The van der Waals surface area contributed by atoms with Crippen molar-refractivity contribution in [2.45, 2.75) is 110 Å². The minimum atomic E-state index is -0.599. The topological polar surface area (TPSA) is 76.7 Å². The highest BCUT2D eigenvalue weighted by Gasteiger charge is 2.25. The van der Waals surface area contributed by atoms with E-state index in [1.54, 1.807) is 30.0 Å². The molecule has 0 fully saturated rings. The second-order valence-corrected chi connectivity index (χ2v) is 10.1. The van der Waals surface area contributed by atoms with Gasteiger partial charge in [-0.25, -0.2) is 0 Å². The molecule has 2 rings (SSSR count). The molecule has 0 aromatic heterocycles. The largest absolute Gasteiger partial charge is 0.506 e. The summed E-state index contributed by atoms with van der Waals surface area (Å²) in [6.45, 7) is 4.45. The predicted molar refractivity (Wildman–Crippen MR) is 157 cm³/mol. The molecule has 0 saturated carbocycles. The molecule has 0 aliphatic rings. The number of nitriles is 1. The van der Waals surface area contributed by atoms with E-state index in [-0.39, 0.29) is 17.2 Å². The number of rotatable bonds is 18. The van der Waals surface area contributed by atoms with Crippen molar-refractivity contribution < 1.29 is 9.90 Å². The van der Waals surface area contributed by atoms with Crippen molar-refractivity contribution in [3.8, 4) is 11.8 Å². The summed E-state index contributed by atoms with van der Waals surface area (Å²) >= 11 is 4.78. The fourth-order valence-corrected chi connectivity index (χ4v) is 4.92. The Balaban J connectivity index is 1.83. The highest BCUT2D eigenvalue weighted by atomic mass is 32.1. The first-order chi connectivity index (χ1) is 18.0. The summed E-state index contributed by atoms with van der Waals surface area (Å²) in [6, 6.07) is 10.3. The molecule has 0 bridgehead atoms. The van der Waals surface area contributed by atoms with Crippen LogP contribution in [-0.2, 0) is 0 Å². The van der Waals surface area contributed by atoms with Crippen LogP contribution in [0.15, 0.2) is 35.3 Å². The molecule has 1 N–H and O–H groups in total. The zero-order valence-corrected chi connectivity index (χ0v) is 23.5. The summed E-state index contributed by atoms with van der Waals surface area (Å²) < 4.78 is 0. The van der Waals surface area contributed by atoms with Crippen molar-refractivity contribution in [3.63, 3.8) is 0 Å². The number of nitrogens with zero attached hydrogens (tertiary/aromatic N) is 3. The molecular formula is C31H43N3O2S. The number of hydrogen-bond acceptors (Lipinski definition) is 5. The smallest absolute Gasteiger partial charge is 0.258 e. The van der Waals surface area contributed by atoms with Gasteiger partial charge in [0.25, 0.3) is 5.91 Å². The second-order valence-electron chi connectivity index (χ2n) is 9.94. The van der Waals surface area contributed by atoms with Gasteiger partial charge in [-0.05, 0) is 31.6 Å². The number of fused-ring (bicyclic) bond motifs is 1. The first kappa shape index (κ1) is 30.5. The number of hydrogen-bond donors (Lipinski definition) is 1. The number of phenolic OH excluding ortho intramolecular Hbond substituents is 1. The monoisotopic (exact) mass is 521 g/mol. The zero-order chi connectivity index (χ0) is 26.9. The summed E-state index contributed by atoms with van der Waals surface area (Å²) in [5.74, 6) is -0.465. The highest BCUT2D eigenvalue weighted by molar-refractivity contribution is 7.78. The van der Waals surface area contributed by atoms with Crippen LogP contribution in [0.4, 0.5) is 5.69 Å². The van der Waals surface area contributed by atoms with Gasteiger partial charge in [-0.1, -0.05) is 115 Å². The van der Waals surface area contributed by atoms with Crippen LogP contribution in [0.2, 0.25) is 0 Å². The van der Waals surface area contributed by atoms with Crippen LogP contribution in [0.25, 0.3) is 10.8 Å². The van der Waals surface area contributed by atoms with Gasteiger partial charge in [0.05, 0.1) is 22.5 Å². The Kier molecular flexibility index (Phi) is 14.6. The number of carbonyl (C=O) groups is 1. The molecule has 0 saturated heterocycles. The molecule has 200 valence electrons. The van der Waals surface area contributed by atoms with Gasteiger partial charge in [0.15, 0.2) is 0 Å². The van der Waals surface area contributed by atoms with Crippen LogP contribution in [0, 0.1) is 11.3 Å². The zero-order valence-electron chi connectivity index (χ0n) is 22.7. The Hall–Kier alpha value is -2.74. The molecule has 1 amide bonds. The van der Waals surface area contributed by atoms with Crippen LogP contribution in [0.1, 0.15) is 114 Å². The number of phenols is 1. The third kappa shape index (κ3) is 9.91. The third-order valence-electron chi connectivity index (χ3n) is 7.06. The van der Waals surface area contributed by atoms with Crippen molar-refractivity contribution in [2.24, 2.45) is 4.99 Å². The van der Waals surface area contributed by atoms with Crippen LogP contribution in [0.3, 0.4) is 0 Å². The SMILES string of the molecule is CCCCCCCCCCCCCCCCN(C(=O)c1cc(N=C=S)c2ccccc2c1O)C(C)C#N. The number of aliphatic imine (C=N–C) groups is 1. The molecule has 2 aromatic carbocycles. The van der Waals surface area contributed by atoms with Crippen LogP contribution < -0.4 is 0 Å². The Labute approximate surface area is 228 Å². The van der Waals surface area contributed by atoms with Gasteiger partial charge in [0, 0.05) is 17.3 Å². The highest BCUT2D eigenvalue weighted by Crippen LogP contribution is 2.36. The van der Waals surface area contributed by atoms with Crippen molar-refractivity contribution in [1.82, 2.24) is 4.90 Å². The summed E-state index contributed by atoms with van der Waals surface area (Å²) in [5.41, 5.74) is 0.614. The lowest BCUT2D eigenvalue weighted by atomic mass is 10.0. The molecule has 0 radical (unpaired) electrons. The summed E-state index contributed by atoms with van der Waals surface area (Å²) in [6.07, 6.45) is 17.7. The molecule has 0 heterocycles. The van der Waals surface area contributed by atoms with Crippen molar-refractivity contribution >= 4 is 39.7 Å². The van der Waals surface area contributed by atoms with E-state index in [2.05, 4.69) is 23.1 Å². The molecule has 6 heteroatoms. The minimum Gasteiger partial charge on any atom is -0.506 e. The first-order valence-corrected chi connectivity index (χ1v) is 14.5. The van der Waals surface area contributed by atoms with E-state index in [1.807, 2.05) is 12.1 Å². The standard InChI is InChI=1S/C31H43N3O2S/c1-3-4-5-6-7-8-9-10-11-12-13-14-15-18-21-34(25(2)23-32)31(36)28-22-29(33-24-37)26-19-16-17-20-27(26)30(28)35/h16-17,19-20,22,25,35H,3-15,18,21H2,1-2H3. The lowest BCUT2D eigenvalue weighted by Gasteiger charge is -2.26. The molecule has 2 aromatic rings. The second kappa shape index (κ2) is 17.7. The molecule has 37 heavy (non-hydrogen) atoms. The van der Waals surface area contributed by atoms with E-state index in [9.17, 15) is 15.2 Å². The average molecular weight is 522 g/mol. The maximum absolute atomic E-state index is 13.5. The van der Waals surface area contributed by atoms with Crippen molar-refractivity contribution in [3.05, 3.63) is 35.9 Å². The Morgan fingerprint density at radius 1 is 0.946 bits per heavy atom. The molecule has 5 nitrogen and oxygen atoms in total. The van der Waals surface area contributed by atoms with Crippen LogP contribution in [0.5, 0.6) is 5.75 Å². The molecule has 0 spiro atoms. The van der Waals surface area contributed by atoms with E-state index in [4.69, 9.17) is 12.2 Å². The van der Waals surface area contributed by atoms with Gasteiger partial charge in [-0.3, -0.25) is 4.79 Å². The average Bonchev–Trinajstić information content (AvgIpc) is 2.92. The number of thiocarbonyl (C=S) groups is 1. The summed E-state index contributed by atoms with van der Waals surface area (Å²) in [7, 11) is 0. The lowest BCUT2D eigenvalue weighted by molar-refractivity contribution is 0.0722. The molecule has 1 atom stereocenters. The normalized spacial score (nSPS) is 11.6. The molecular weight excluding hydrogens is 478 g/mol. The van der Waals surface area contributed by atoms with Crippen molar-refractivity contribution in [2.75, 3.05) is 6.54 Å². The van der Waals surface area contributed by atoms with E-state index in [0.29, 0.717) is 23.0 Å². The number of unbranched alkanes of at least 4 members (excludes halogenated alkanes) is 13. The number of benzene rings is 2. The molecule has 1 unspecified atom stereocenters. The number of isothiocyanates is 1. The number of amides is 1. The maximum atomic E-state index is 13.5. The van der Waals surface area contributed by atoms with Gasteiger partial charge in [0.1, 0.15) is 11.8 Å². The van der Waals surface area contributed by atoms with Gasteiger partial charge in [0.2, 0.25) is 0 Å². The Morgan fingerprint density at radius 3 is 1.97 bits per heavy atom. The molecule has 0 aliphatic carbocycles. The fraction of sp³-hybridized carbons (Fsp3) is 0.581. The molecule has 0 aliphatic heterocycles. The number of aromatic hydroxyl groups is 1. The van der Waals surface area contributed by atoms with Crippen LogP contribution in [-0.4, -0.2) is 33.7 Å². The predicted octanol–water partition coefficient (Wildman–Crippen LogP) is 9.12.